The first kappa shape index (κ1) is 13.9. The molecule has 1 amide bonds. The van der Waals surface area contributed by atoms with E-state index in [-0.39, 0.29) is 5.91 Å². The Hall–Kier alpha value is -1.02. The van der Waals surface area contributed by atoms with Gasteiger partial charge in [0, 0.05) is 17.1 Å². The number of rotatable bonds is 3. The van der Waals surface area contributed by atoms with Crippen molar-refractivity contribution in [3.8, 4) is 0 Å². The Balaban J connectivity index is 1.49. The van der Waals surface area contributed by atoms with Crippen molar-refractivity contribution in [2.45, 2.75) is 39.0 Å². The lowest BCUT2D eigenvalue weighted by Crippen LogP contribution is -2.15. The molecule has 2 saturated carbocycles. The van der Waals surface area contributed by atoms with Gasteiger partial charge in [-0.1, -0.05) is 18.5 Å². The van der Waals surface area contributed by atoms with E-state index in [1.807, 2.05) is 12.1 Å². The van der Waals surface area contributed by atoms with Crippen molar-refractivity contribution in [1.82, 2.24) is 0 Å². The zero-order valence-corrected chi connectivity index (χ0v) is 12.7. The highest BCUT2D eigenvalue weighted by Crippen LogP contribution is 2.49. The van der Waals surface area contributed by atoms with Crippen LogP contribution in [0.2, 0.25) is 5.02 Å². The van der Waals surface area contributed by atoms with E-state index in [1.165, 1.54) is 25.7 Å². The van der Waals surface area contributed by atoms with Crippen LogP contribution in [0.1, 0.15) is 39.0 Å². The summed E-state index contributed by atoms with van der Waals surface area (Å²) in [6, 6.07) is 7.31. The predicted molar refractivity (Wildman–Crippen MR) is 82.8 cm³/mol. The van der Waals surface area contributed by atoms with Gasteiger partial charge in [0.05, 0.1) is 0 Å². The zero-order valence-electron chi connectivity index (χ0n) is 11.9. The summed E-state index contributed by atoms with van der Waals surface area (Å²) in [4.78, 5) is 12.1. The molecule has 0 aliphatic heterocycles. The van der Waals surface area contributed by atoms with E-state index in [0.717, 1.165) is 23.4 Å². The van der Waals surface area contributed by atoms with Crippen LogP contribution in [0.3, 0.4) is 0 Å². The van der Waals surface area contributed by atoms with Gasteiger partial charge in [0.15, 0.2) is 0 Å². The van der Waals surface area contributed by atoms with Crippen LogP contribution in [0.25, 0.3) is 0 Å². The van der Waals surface area contributed by atoms with Gasteiger partial charge < -0.3 is 5.32 Å². The number of carbonyl (C=O) groups is 1. The molecule has 3 heteroatoms. The first-order valence-corrected chi connectivity index (χ1v) is 8.03. The number of fused-ring (bicyclic) bond motifs is 1. The number of amides is 1. The third-order valence-electron chi connectivity index (χ3n) is 4.95. The number of anilines is 1. The number of hydrogen-bond acceptors (Lipinski definition) is 1. The molecule has 0 heterocycles. The summed E-state index contributed by atoms with van der Waals surface area (Å²) in [5.41, 5.74) is 0.839. The summed E-state index contributed by atoms with van der Waals surface area (Å²) < 4.78 is 0. The first-order valence-electron chi connectivity index (χ1n) is 7.65. The Labute approximate surface area is 125 Å². The Morgan fingerprint density at radius 1 is 1.15 bits per heavy atom. The summed E-state index contributed by atoms with van der Waals surface area (Å²) >= 11 is 5.84. The highest BCUT2D eigenvalue weighted by Gasteiger charge is 2.40. The van der Waals surface area contributed by atoms with E-state index in [4.69, 9.17) is 11.6 Å². The minimum absolute atomic E-state index is 0.144. The van der Waals surface area contributed by atoms with Crippen molar-refractivity contribution in [3.05, 3.63) is 29.3 Å². The van der Waals surface area contributed by atoms with E-state index < -0.39 is 0 Å². The summed E-state index contributed by atoms with van der Waals surface area (Å²) in [6.07, 6.45) is 5.93. The third-order valence-corrected chi connectivity index (χ3v) is 5.20. The summed E-state index contributed by atoms with van der Waals surface area (Å²) in [7, 11) is 0. The molecule has 2 aliphatic carbocycles. The fourth-order valence-corrected chi connectivity index (χ4v) is 4.34. The van der Waals surface area contributed by atoms with Crippen LogP contribution in [-0.2, 0) is 4.79 Å². The van der Waals surface area contributed by atoms with E-state index in [1.54, 1.807) is 12.1 Å². The Bertz CT molecular complexity index is 470. The monoisotopic (exact) mass is 291 g/mol. The number of nitrogens with one attached hydrogen (secondary N) is 1. The quantitative estimate of drug-likeness (QED) is 0.856. The van der Waals surface area contributed by atoms with Gasteiger partial charge >= 0.3 is 0 Å². The molecule has 0 aromatic heterocycles. The molecule has 0 saturated heterocycles. The number of hydrogen-bond donors (Lipinski definition) is 1. The SMILES string of the molecule is CC1C[C@@H]2CC(CC(=O)Nc3ccc(Cl)cc3)C[C@@H]2C1. The molecule has 3 rings (SSSR count). The zero-order chi connectivity index (χ0) is 14.1. The second-order valence-corrected chi connectivity index (χ2v) is 7.13. The molecule has 2 nitrogen and oxygen atoms in total. The Morgan fingerprint density at radius 2 is 1.75 bits per heavy atom. The molecule has 0 bridgehead atoms. The van der Waals surface area contributed by atoms with Crippen LogP contribution in [0.15, 0.2) is 24.3 Å². The Kier molecular flexibility index (Phi) is 4.02. The van der Waals surface area contributed by atoms with E-state index in [0.29, 0.717) is 17.4 Å². The number of halogens is 1. The van der Waals surface area contributed by atoms with Crippen LogP contribution < -0.4 is 5.32 Å². The largest absolute Gasteiger partial charge is 0.326 e. The van der Waals surface area contributed by atoms with Gasteiger partial charge in [0.2, 0.25) is 5.91 Å². The predicted octanol–water partition coefficient (Wildman–Crippen LogP) is 4.74. The second-order valence-electron chi connectivity index (χ2n) is 6.69. The highest BCUT2D eigenvalue weighted by molar-refractivity contribution is 6.30. The summed E-state index contributed by atoms with van der Waals surface area (Å²) in [6.45, 7) is 2.36. The van der Waals surface area contributed by atoms with Gasteiger partial charge in [-0.05, 0) is 73.6 Å². The molecule has 1 aromatic carbocycles. The maximum atomic E-state index is 12.1. The van der Waals surface area contributed by atoms with Crippen LogP contribution in [0, 0.1) is 23.7 Å². The lowest BCUT2D eigenvalue weighted by atomic mass is 9.96. The van der Waals surface area contributed by atoms with Crippen molar-refractivity contribution in [3.63, 3.8) is 0 Å². The molecule has 4 atom stereocenters. The lowest BCUT2D eigenvalue weighted by molar-refractivity contribution is -0.117. The standard InChI is InChI=1S/C17H22ClNO/c1-11-6-13-8-12(9-14(13)7-11)10-17(20)19-16-4-2-15(18)3-5-16/h2-5,11-14H,6-10H2,1H3,(H,19,20)/t11?,12?,13-,14+. The van der Waals surface area contributed by atoms with Crippen molar-refractivity contribution < 1.29 is 4.79 Å². The third kappa shape index (κ3) is 3.17. The van der Waals surface area contributed by atoms with Gasteiger partial charge in [0.1, 0.15) is 0 Å². The molecule has 2 aliphatic rings. The van der Waals surface area contributed by atoms with E-state index >= 15 is 0 Å². The normalized spacial score (nSPS) is 32.1. The van der Waals surface area contributed by atoms with Gasteiger partial charge in [0.25, 0.3) is 0 Å². The fraction of sp³-hybridized carbons (Fsp3) is 0.588. The van der Waals surface area contributed by atoms with Crippen molar-refractivity contribution >= 4 is 23.2 Å². The highest BCUT2D eigenvalue weighted by atomic mass is 35.5. The molecule has 2 fully saturated rings. The topological polar surface area (TPSA) is 29.1 Å². The maximum absolute atomic E-state index is 12.1. The molecule has 1 N–H and O–H groups in total. The number of benzene rings is 1. The molecule has 20 heavy (non-hydrogen) atoms. The maximum Gasteiger partial charge on any atom is 0.224 e. The van der Waals surface area contributed by atoms with Crippen molar-refractivity contribution in [1.29, 1.82) is 0 Å². The second kappa shape index (κ2) is 5.77. The van der Waals surface area contributed by atoms with Gasteiger partial charge in [-0.2, -0.15) is 0 Å². The van der Waals surface area contributed by atoms with Crippen LogP contribution in [0.5, 0.6) is 0 Å². The number of carbonyl (C=O) groups excluding carboxylic acids is 1. The van der Waals surface area contributed by atoms with Crippen molar-refractivity contribution in [2.75, 3.05) is 5.32 Å². The molecule has 1 aromatic rings. The summed E-state index contributed by atoms with van der Waals surface area (Å²) in [5, 5.41) is 3.67. The van der Waals surface area contributed by atoms with Gasteiger partial charge in [-0.3, -0.25) is 4.79 Å². The molecule has 0 radical (unpaired) electrons. The molecule has 2 unspecified atom stereocenters. The van der Waals surface area contributed by atoms with Crippen LogP contribution >= 0.6 is 11.6 Å². The van der Waals surface area contributed by atoms with E-state index in [9.17, 15) is 4.79 Å². The first-order chi connectivity index (χ1) is 9.60. The lowest BCUT2D eigenvalue weighted by Gasteiger charge is -2.12. The minimum atomic E-state index is 0.144. The molecule has 0 spiro atoms. The Morgan fingerprint density at radius 3 is 2.35 bits per heavy atom. The van der Waals surface area contributed by atoms with Crippen LogP contribution in [-0.4, -0.2) is 5.91 Å². The average Bonchev–Trinajstić information content (AvgIpc) is 2.88. The molecule has 108 valence electrons. The van der Waals surface area contributed by atoms with Gasteiger partial charge in [-0.15, -0.1) is 0 Å². The van der Waals surface area contributed by atoms with Gasteiger partial charge in [-0.25, -0.2) is 0 Å². The van der Waals surface area contributed by atoms with E-state index in [2.05, 4.69) is 12.2 Å². The van der Waals surface area contributed by atoms with Crippen molar-refractivity contribution in [2.24, 2.45) is 23.7 Å². The minimum Gasteiger partial charge on any atom is -0.326 e. The van der Waals surface area contributed by atoms with Crippen LogP contribution in [0.4, 0.5) is 5.69 Å². The fourth-order valence-electron chi connectivity index (χ4n) is 4.22. The summed E-state index contributed by atoms with van der Waals surface area (Å²) in [5.74, 6) is 3.40. The molecular weight excluding hydrogens is 270 g/mol. The average molecular weight is 292 g/mol. The smallest absolute Gasteiger partial charge is 0.224 e. The molecular formula is C17H22ClNO.